The molecule has 0 aliphatic heterocycles. The Morgan fingerprint density at radius 1 is 1.03 bits per heavy atom. The normalized spacial score (nSPS) is 12.1. The van der Waals surface area contributed by atoms with Gasteiger partial charge in [-0.05, 0) is 56.3 Å². The summed E-state index contributed by atoms with van der Waals surface area (Å²) in [6.45, 7) is 3.35. The van der Waals surface area contributed by atoms with Gasteiger partial charge in [0.25, 0.3) is 10.0 Å². The van der Waals surface area contributed by atoms with Crippen LogP contribution < -0.4 is 14.4 Å². The van der Waals surface area contributed by atoms with E-state index in [9.17, 15) is 13.2 Å². The van der Waals surface area contributed by atoms with E-state index in [-0.39, 0.29) is 17.5 Å². The van der Waals surface area contributed by atoms with Crippen molar-refractivity contribution in [3.05, 3.63) is 88.4 Å². The summed E-state index contributed by atoms with van der Waals surface area (Å²) < 4.78 is 34.2. The fourth-order valence-electron chi connectivity index (χ4n) is 3.28. The van der Waals surface area contributed by atoms with Gasteiger partial charge in [0.2, 0.25) is 5.91 Å². The number of para-hydroxylation sites is 1. The zero-order valence-electron chi connectivity index (χ0n) is 18.1. The minimum atomic E-state index is -3.96. The highest BCUT2D eigenvalue weighted by molar-refractivity contribution is 9.10. The molecule has 1 amide bonds. The summed E-state index contributed by atoms with van der Waals surface area (Å²) in [5.74, 6) is 0.222. The van der Waals surface area contributed by atoms with E-state index in [4.69, 9.17) is 4.74 Å². The van der Waals surface area contributed by atoms with Gasteiger partial charge in [-0.3, -0.25) is 9.10 Å². The fourth-order valence-corrected chi connectivity index (χ4v) is 4.96. The van der Waals surface area contributed by atoms with Crippen molar-refractivity contribution in [2.45, 2.75) is 24.8 Å². The second kappa shape index (κ2) is 10.2. The van der Waals surface area contributed by atoms with Crippen LogP contribution in [0, 0.1) is 6.92 Å². The summed E-state index contributed by atoms with van der Waals surface area (Å²) >= 11 is 3.36. The molecule has 0 bridgehead atoms. The zero-order chi connectivity index (χ0) is 23.3. The molecule has 0 unspecified atom stereocenters. The first-order valence-corrected chi connectivity index (χ1v) is 12.2. The highest BCUT2D eigenvalue weighted by Gasteiger charge is 2.28. The van der Waals surface area contributed by atoms with Crippen LogP contribution in [0.25, 0.3) is 0 Å². The van der Waals surface area contributed by atoms with E-state index in [0.29, 0.717) is 11.4 Å². The Labute approximate surface area is 197 Å². The molecule has 168 valence electrons. The van der Waals surface area contributed by atoms with Gasteiger partial charge in [0.05, 0.1) is 23.7 Å². The average molecular weight is 517 g/mol. The molecule has 32 heavy (non-hydrogen) atoms. The molecule has 0 aromatic heterocycles. The smallest absolute Gasteiger partial charge is 0.264 e. The van der Waals surface area contributed by atoms with E-state index in [2.05, 4.69) is 21.2 Å². The maximum atomic E-state index is 13.4. The summed E-state index contributed by atoms with van der Waals surface area (Å²) in [5.41, 5.74) is 2.15. The predicted molar refractivity (Wildman–Crippen MR) is 129 cm³/mol. The number of carbonyl (C=O) groups is 1. The standard InChI is InChI=1S/C24H25BrN2O4S/c1-17-8-14-21(15-9-17)32(29,30)27(20-12-10-19(25)11-13-20)16-24(28)26-18(2)22-6-4-5-7-23(22)31-3/h4-15,18H,16H2,1-3H3,(H,26,28)/t18-/m0/s1. The number of ether oxygens (including phenoxy) is 1. The number of hydrogen-bond donors (Lipinski definition) is 1. The number of rotatable bonds is 8. The number of benzene rings is 3. The third kappa shape index (κ3) is 5.49. The van der Waals surface area contributed by atoms with Gasteiger partial charge in [0, 0.05) is 10.0 Å². The third-order valence-electron chi connectivity index (χ3n) is 4.99. The van der Waals surface area contributed by atoms with Crippen molar-refractivity contribution < 1.29 is 17.9 Å². The van der Waals surface area contributed by atoms with Gasteiger partial charge in [-0.2, -0.15) is 0 Å². The number of halogens is 1. The maximum absolute atomic E-state index is 13.4. The number of methoxy groups -OCH3 is 1. The second-order valence-corrected chi connectivity index (χ2v) is 10.1. The number of sulfonamides is 1. The number of nitrogens with zero attached hydrogens (tertiary/aromatic N) is 1. The van der Waals surface area contributed by atoms with Gasteiger partial charge in [0.15, 0.2) is 0 Å². The monoisotopic (exact) mass is 516 g/mol. The Morgan fingerprint density at radius 2 is 1.66 bits per heavy atom. The van der Waals surface area contributed by atoms with Gasteiger partial charge in [-0.25, -0.2) is 8.42 Å². The van der Waals surface area contributed by atoms with Crippen molar-refractivity contribution in [3.8, 4) is 5.75 Å². The van der Waals surface area contributed by atoms with Crippen LogP contribution in [0.4, 0.5) is 5.69 Å². The Hall–Kier alpha value is -2.84. The van der Waals surface area contributed by atoms with Crippen LogP contribution in [0.3, 0.4) is 0 Å². The molecule has 0 saturated carbocycles. The molecule has 0 saturated heterocycles. The Morgan fingerprint density at radius 3 is 2.28 bits per heavy atom. The minimum Gasteiger partial charge on any atom is -0.496 e. The lowest BCUT2D eigenvalue weighted by atomic mass is 10.1. The first-order valence-electron chi connectivity index (χ1n) is 9.99. The zero-order valence-corrected chi connectivity index (χ0v) is 20.5. The molecule has 3 rings (SSSR count). The predicted octanol–water partition coefficient (Wildman–Crippen LogP) is 4.84. The van der Waals surface area contributed by atoms with Gasteiger partial charge in [0.1, 0.15) is 12.3 Å². The van der Waals surface area contributed by atoms with E-state index in [0.717, 1.165) is 19.9 Å². The summed E-state index contributed by atoms with van der Waals surface area (Å²) in [6.07, 6.45) is 0. The van der Waals surface area contributed by atoms with Crippen LogP contribution in [0.15, 0.2) is 82.2 Å². The quantitative estimate of drug-likeness (QED) is 0.464. The molecular formula is C24H25BrN2O4S. The van der Waals surface area contributed by atoms with Crippen molar-refractivity contribution in [1.29, 1.82) is 0 Å². The first kappa shape index (κ1) is 23.8. The van der Waals surface area contributed by atoms with E-state index < -0.39 is 15.9 Å². The SMILES string of the molecule is COc1ccccc1[C@H](C)NC(=O)CN(c1ccc(Br)cc1)S(=O)(=O)c1ccc(C)cc1. The van der Waals surface area contributed by atoms with Crippen molar-refractivity contribution in [1.82, 2.24) is 5.32 Å². The maximum Gasteiger partial charge on any atom is 0.264 e. The Kier molecular flexibility index (Phi) is 7.58. The van der Waals surface area contributed by atoms with Crippen LogP contribution in [0.2, 0.25) is 0 Å². The van der Waals surface area contributed by atoms with Gasteiger partial charge in [-0.15, -0.1) is 0 Å². The van der Waals surface area contributed by atoms with Gasteiger partial charge >= 0.3 is 0 Å². The first-order chi connectivity index (χ1) is 15.2. The summed E-state index contributed by atoms with van der Waals surface area (Å²) in [4.78, 5) is 13.1. The topological polar surface area (TPSA) is 75.7 Å². The lowest BCUT2D eigenvalue weighted by Gasteiger charge is -2.25. The molecule has 0 aliphatic carbocycles. The van der Waals surface area contributed by atoms with Crippen LogP contribution in [0.5, 0.6) is 5.75 Å². The number of anilines is 1. The number of amides is 1. The highest BCUT2D eigenvalue weighted by atomic mass is 79.9. The van der Waals surface area contributed by atoms with Gasteiger partial charge < -0.3 is 10.1 Å². The molecule has 3 aromatic rings. The molecule has 0 fully saturated rings. The molecule has 8 heteroatoms. The molecule has 1 atom stereocenters. The van der Waals surface area contributed by atoms with Crippen LogP contribution >= 0.6 is 15.9 Å². The van der Waals surface area contributed by atoms with Crippen molar-refractivity contribution in [3.63, 3.8) is 0 Å². The number of carbonyl (C=O) groups excluding carboxylic acids is 1. The molecule has 0 spiro atoms. The second-order valence-electron chi connectivity index (χ2n) is 7.33. The summed E-state index contributed by atoms with van der Waals surface area (Å²) in [6, 6.07) is 20.4. The lowest BCUT2D eigenvalue weighted by molar-refractivity contribution is -0.120. The van der Waals surface area contributed by atoms with E-state index in [1.807, 2.05) is 38.1 Å². The molecule has 1 N–H and O–H groups in total. The summed E-state index contributed by atoms with van der Waals surface area (Å²) in [7, 11) is -2.39. The summed E-state index contributed by atoms with van der Waals surface area (Å²) in [5, 5.41) is 2.88. The largest absolute Gasteiger partial charge is 0.496 e. The van der Waals surface area contributed by atoms with Crippen LogP contribution in [-0.2, 0) is 14.8 Å². The van der Waals surface area contributed by atoms with E-state index >= 15 is 0 Å². The molecule has 6 nitrogen and oxygen atoms in total. The lowest BCUT2D eigenvalue weighted by Crippen LogP contribution is -2.41. The van der Waals surface area contributed by atoms with E-state index in [1.165, 1.54) is 0 Å². The minimum absolute atomic E-state index is 0.122. The number of aryl methyl sites for hydroxylation is 1. The average Bonchev–Trinajstić information content (AvgIpc) is 2.78. The molecular weight excluding hydrogens is 492 g/mol. The molecule has 0 aliphatic rings. The van der Waals surface area contributed by atoms with E-state index in [1.54, 1.807) is 55.6 Å². The van der Waals surface area contributed by atoms with Crippen molar-refractivity contribution in [2.24, 2.45) is 0 Å². The molecule has 0 heterocycles. The molecule has 0 radical (unpaired) electrons. The third-order valence-corrected chi connectivity index (χ3v) is 7.31. The number of hydrogen-bond acceptors (Lipinski definition) is 4. The Balaban J connectivity index is 1.89. The highest BCUT2D eigenvalue weighted by Crippen LogP contribution is 2.27. The number of nitrogens with one attached hydrogen (secondary N) is 1. The van der Waals surface area contributed by atoms with Crippen molar-refractivity contribution >= 4 is 37.5 Å². The van der Waals surface area contributed by atoms with Crippen molar-refractivity contribution in [2.75, 3.05) is 18.0 Å². The fraction of sp³-hybridized carbons (Fsp3) is 0.208. The molecule has 3 aromatic carbocycles. The van der Waals surface area contributed by atoms with Gasteiger partial charge in [-0.1, -0.05) is 51.8 Å². The van der Waals surface area contributed by atoms with Crippen LogP contribution in [0.1, 0.15) is 24.1 Å². The van der Waals surface area contributed by atoms with Crippen LogP contribution in [-0.4, -0.2) is 28.0 Å². The Bertz CT molecular complexity index is 1180.